The first-order chi connectivity index (χ1) is 51.5. The van der Waals surface area contributed by atoms with Gasteiger partial charge < -0.3 is 96.6 Å². The van der Waals surface area contributed by atoms with Gasteiger partial charge in [0.25, 0.3) is 18.6 Å². The third-order valence-electron chi connectivity index (χ3n) is 18.3. The molecule has 580 valence electrons. The molecule has 0 aliphatic carbocycles. The van der Waals surface area contributed by atoms with Gasteiger partial charge in [0.2, 0.25) is 5.03 Å². The maximum atomic E-state index is 12.0. The molecule has 6 saturated heterocycles. The summed E-state index contributed by atoms with van der Waals surface area (Å²) in [6, 6.07) is 78.4. The first kappa shape index (κ1) is 82.3. The van der Waals surface area contributed by atoms with Gasteiger partial charge in [0.15, 0.2) is 22.5 Å². The van der Waals surface area contributed by atoms with Crippen LogP contribution in [0.1, 0.15) is 11.1 Å². The molecule has 109 heavy (non-hydrogen) atoms. The van der Waals surface area contributed by atoms with E-state index in [-0.39, 0.29) is 12.1 Å². The van der Waals surface area contributed by atoms with Crippen molar-refractivity contribution in [3.63, 3.8) is 0 Å². The highest BCUT2D eigenvalue weighted by molar-refractivity contribution is 7.14. The quantitative estimate of drug-likeness (QED) is 0.0513. The van der Waals surface area contributed by atoms with E-state index in [1.165, 1.54) is 0 Å². The summed E-state index contributed by atoms with van der Waals surface area (Å²) in [4.78, 5) is 12.0. The lowest BCUT2D eigenvalue weighted by molar-refractivity contribution is -0.0956. The topological polar surface area (TPSA) is 223 Å². The van der Waals surface area contributed by atoms with Crippen LogP contribution in [0.2, 0.25) is 105 Å². The second-order valence-electron chi connectivity index (χ2n) is 30.9. The van der Waals surface area contributed by atoms with Crippen molar-refractivity contribution < 1.29 is 96.6 Å². The Morgan fingerprint density at radius 2 is 0.798 bits per heavy atom. The summed E-state index contributed by atoms with van der Waals surface area (Å²) >= 11 is 0. The SMILES string of the molecule is C[SiH](O[SiH](C)O[Si](C)(C)O[Si]1(C)O[Si]2(c3ccccc3)OC3O[Si]4(Cc5ccccc5)O[Si](c5ccccc5)(O1)O[Si]1(c5ccccc5)O[Si]5(c6ccccc6)OC41O[SiH](Cc1ccccc1)O[Si](c1ccccc1)(O[Si](C)(O[Si](C)(C)O[SiH](C)O[Si](C)(O)O[Si](C)(C)C)O5)O[Si]3(c1ccccc1)O2)O[Si](C)(C)C. The van der Waals surface area contributed by atoms with Crippen molar-refractivity contribution in [2.24, 2.45) is 0 Å². The van der Waals surface area contributed by atoms with Gasteiger partial charge in [-0.2, -0.15) is 0 Å². The molecule has 14 rings (SSSR count). The third-order valence-corrected chi connectivity index (χ3v) is 87.6. The zero-order chi connectivity index (χ0) is 77.3. The van der Waals surface area contributed by atoms with Crippen molar-refractivity contribution >= 4 is 189 Å². The van der Waals surface area contributed by atoms with Crippen molar-refractivity contribution in [3.8, 4) is 0 Å². The molecule has 0 saturated carbocycles. The minimum atomic E-state index is -5.31. The largest absolute Gasteiger partial charge is 0.523 e. The average molecular weight is 1790 g/mol. The van der Waals surface area contributed by atoms with Gasteiger partial charge in [-0.1, -0.05) is 243 Å². The van der Waals surface area contributed by atoms with Crippen LogP contribution in [0.25, 0.3) is 0 Å². The molecule has 23 nitrogen and oxygen atoms in total. The van der Waals surface area contributed by atoms with Gasteiger partial charge in [-0.25, -0.2) is 0 Å². The molecule has 6 heterocycles. The predicted octanol–water partition coefficient (Wildman–Crippen LogP) is 7.71. The molecular weight excluding hydrogens is 1690 g/mol. The standard InChI is InChI=1S/C68H98O23Si18/c1-92(75-96(4,5)6)74-93(2)76-98(10,11)81-101(15)83-106(63-49-33-21-34-50-63)71-67-70-103(58-60-43-27-18-28-44-60)68-72-95(57-59-41-25-17-26-42-59)79-108(65-53-37-23-38-54-65,89-104(67,88-106)61-45-29-19-30-46-61)85-102(16,82-99(12,13)77-94(3)78-100(14,69)80-97(7,8)9)84-107(73-68,64-51-35-22-36-52-64)90-105(68,62-47-31-20-32-48-62)91-109(86-101,87-103)66-55-39-24-40-56-66/h17-56,67,69,92-95H,57-58H2,1-16H3. The van der Waals surface area contributed by atoms with E-state index < -0.39 is 169 Å². The number of hydrogen-bond acceptors (Lipinski definition) is 23. The minimum Gasteiger partial charge on any atom is -0.439 e. The van der Waals surface area contributed by atoms with Crippen LogP contribution in [-0.4, -0.2) is 174 Å². The fourth-order valence-electron chi connectivity index (χ4n) is 15.1. The van der Waals surface area contributed by atoms with Crippen LogP contribution in [0.15, 0.2) is 243 Å². The number of rotatable bonds is 26. The normalized spacial score (nSPS) is 32.6. The lowest BCUT2D eigenvalue weighted by Crippen LogP contribution is -2.93. The van der Waals surface area contributed by atoms with E-state index in [0.29, 0.717) is 31.1 Å². The minimum absolute atomic E-state index is 0.0586. The molecule has 6 aliphatic rings. The number of benzene rings is 8. The molecule has 6 fully saturated rings. The fourth-order valence-corrected chi connectivity index (χ4v) is 101. The van der Waals surface area contributed by atoms with Gasteiger partial charge in [-0.3, -0.25) is 0 Å². The van der Waals surface area contributed by atoms with E-state index in [4.69, 9.17) is 91.8 Å². The van der Waals surface area contributed by atoms with Crippen LogP contribution in [0, 0.1) is 0 Å². The lowest BCUT2D eigenvalue weighted by Gasteiger charge is -2.60. The first-order valence-electron chi connectivity index (χ1n) is 36.8. The average Bonchev–Trinajstić information content (AvgIpc) is 1.51. The van der Waals surface area contributed by atoms with E-state index in [0.717, 1.165) is 11.1 Å². The molecule has 0 radical (unpaired) electrons. The van der Waals surface area contributed by atoms with Crippen LogP contribution in [0.5, 0.6) is 0 Å². The molecule has 1 N–H and O–H groups in total. The van der Waals surface area contributed by atoms with Gasteiger partial charge >= 0.3 is 123 Å². The van der Waals surface area contributed by atoms with E-state index in [2.05, 4.69) is 19.6 Å². The molecular formula is C68H98O23Si18. The molecule has 16 atom stereocenters. The molecule has 1 spiro atoms. The zero-order valence-electron chi connectivity index (χ0n) is 64.3. The van der Waals surface area contributed by atoms with E-state index >= 15 is 0 Å². The predicted molar refractivity (Wildman–Crippen MR) is 452 cm³/mol. The molecule has 7 bridgehead atoms. The fraction of sp³-hybridized carbons (Fsp3) is 0.294. The maximum Gasteiger partial charge on any atom is 0.523 e. The number of fused-ring (bicyclic) bond motifs is 6. The van der Waals surface area contributed by atoms with E-state index in [1.807, 2.05) is 321 Å². The van der Waals surface area contributed by atoms with Crippen molar-refractivity contribution in [1.82, 2.24) is 0 Å². The lowest BCUT2D eigenvalue weighted by atomic mass is 10.2. The van der Waals surface area contributed by atoms with Crippen molar-refractivity contribution in [2.75, 3.05) is 0 Å². The summed E-state index contributed by atoms with van der Waals surface area (Å²) in [5.41, 5.74) is 1.63. The second kappa shape index (κ2) is 31.3. The Bertz CT molecular complexity index is 4420. The molecule has 6 aliphatic heterocycles. The zero-order valence-corrected chi connectivity index (χ0v) is 82.9. The number of hydrogen-bond donors (Lipinski definition) is 1. The molecule has 8 aromatic carbocycles. The Balaban J connectivity index is 1.15. The van der Waals surface area contributed by atoms with Crippen LogP contribution in [-0.2, 0) is 104 Å². The monoisotopic (exact) mass is 1790 g/mol. The summed E-state index contributed by atoms with van der Waals surface area (Å²) in [7, 11) is -73.1. The van der Waals surface area contributed by atoms with Crippen LogP contribution in [0.4, 0.5) is 0 Å². The van der Waals surface area contributed by atoms with E-state index in [9.17, 15) is 4.80 Å². The molecule has 0 amide bonds. The van der Waals surface area contributed by atoms with Gasteiger partial charge in [0.05, 0.1) is 0 Å². The molecule has 0 aromatic heterocycles. The van der Waals surface area contributed by atoms with E-state index in [1.54, 1.807) is 6.55 Å². The molecule has 16 unspecified atom stereocenters. The van der Waals surface area contributed by atoms with Gasteiger partial charge in [-0.15, -0.1) is 0 Å². The molecule has 41 heteroatoms. The van der Waals surface area contributed by atoms with Crippen molar-refractivity contribution in [2.45, 2.75) is 128 Å². The van der Waals surface area contributed by atoms with Gasteiger partial charge in [0, 0.05) is 52.5 Å². The summed E-state index contributed by atoms with van der Waals surface area (Å²) in [6.45, 7) is 31.5. The third kappa shape index (κ3) is 17.4. The Hall–Kier alpha value is -3.26. The van der Waals surface area contributed by atoms with Gasteiger partial charge in [-0.05, 0) is 107 Å². The summed E-state index contributed by atoms with van der Waals surface area (Å²) in [5.74, 6) is -1.65. The van der Waals surface area contributed by atoms with Crippen molar-refractivity contribution in [1.29, 1.82) is 0 Å². The second-order valence-corrected chi connectivity index (χ2v) is 86.1. The highest BCUT2D eigenvalue weighted by Gasteiger charge is 2.94. The summed E-state index contributed by atoms with van der Waals surface area (Å²) in [5, 5.41) is 0.725. The summed E-state index contributed by atoms with van der Waals surface area (Å²) in [6.07, 6.45) is 0. The van der Waals surface area contributed by atoms with Crippen molar-refractivity contribution in [3.05, 3.63) is 254 Å². The Morgan fingerprint density at radius 3 is 1.30 bits per heavy atom. The Kier molecular flexibility index (Phi) is 23.6. The highest BCUT2D eigenvalue weighted by Crippen LogP contribution is 2.58. The first-order valence-corrected chi connectivity index (χ1v) is 76.6. The Morgan fingerprint density at radius 1 is 0.404 bits per heavy atom. The summed E-state index contributed by atoms with van der Waals surface area (Å²) < 4.78 is 177. The molecule has 8 aromatic rings. The Labute approximate surface area is 662 Å². The maximum absolute atomic E-state index is 12.0. The van der Waals surface area contributed by atoms with Crippen LogP contribution in [0.3, 0.4) is 0 Å². The van der Waals surface area contributed by atoms with Crippen LogP contribution >= 0.6 is 0 Å². The highest BCUT2D eigenvalue weighted by atomic mass is 28.6. The van der Waals surface area contributed by atoms with Gasteiger partial charge in [0.1, 0.15) is 0 Å². The van der Waals surface area contributed by atoms with Crippen LogP contribution < -0.4 is 31.1 Å². The smallest absolute Gasteiger partial charge is 0.439 e.